The molecule has 0 aromatic heterocycles. The first-order valence-corrected chi connectivity index (χ1v) is 15.6. The summed E-state index contributed by atoms with van der Waals surface area (Å²) in [6, 6.07) is 21.1. The van der Waals surface area contributed by atoms with Gasteiger partial charge in [-0.15, -0.1) is 0 Å². The Labute approximate surface area is 273 Å². The van der Waals surface area contributed by atoms with Gasteiger partial charge in [0.05, 0.1) is 11.5 Å². The van der Waals surface area contributed by atoms with Gasteiger partial charge < -0.3 is 25.2 Å². The third kappa shape index (κ3) is 7.12. The van der Waals surface area contributed by atoms with Crippen LogP contribution in [-0.4, -0.2) is 65.3 Å². The molecule has 3 aromatic rings. The third-order valence-corrected chi connectivity index (χ3v) is 8.87. The summed E-state index contributed by atoms with van der Waals surface area (Å²) < 4.78 is 19.1. The van der Waals surface area contributed by atoms with Crippen LogP contribution in [0.2, 0.25) is 0 Å². The number of halogens is 1. The minimum Gasteiger partial charge on any atom is -0.445 e. The number of nitrogens with one attached hydrogen (secondary N) is 2. The van der Waals surface area contributed by atoms with E-state index >= 15 is 0 Å². The molecule has 1 spiro atoms. The van der Waals surface area contributed by atoms with Crippen molar-refractivity contribution in [3.05, 3.63) is 101 Å². The lowest BCUT2D eigenvalue weighted by molar-refractivity contribution is -0.146. The Bertz CT molecular complexity index is 1670. The number of amides is 4. The van der Waals surface area contributed by atoms with Gasteiger partial charge in [-0.05, 0) is 47.2 Å². The summed E-state index contributed by atoms with van der Waals surface area (Å²) in [6.45, 7) is 3.81. The van der Waals surface area contributed by atoms with Crippen molar-refractivity contribution in [3.63, 3.8) is 0 Å². The molecular weight excluding hydrogens is 601 g/mol. The molecule has 2 N–H and O–H groups in total. The second kappa shape index (κ2) is 14.0. The van der Waals surface area contributed by atoms with Crippen LogP contribution in [0.25, 0.3) is 0 Å². The minimum absolute atomic E-state index is 0.00734. The van der Waals surface area contributed by atoms with Crippen LogP contribution in [0.4, 0.5) is 14.9 Å². The van der Waals surface area contributed by atoms with E-state index in [1.165, 1.54) is 41.1 Å². The van der Waals surface area contributed by atoms with Crippen LogP contribution < -0.4 is 10.6 Å². The van der Waals surface area contributed by atoms with Crippen LogP contribution in [0, 0.1) is 23.1 Å². The molecule has 3 aromatic carbocycles. The Morgan fingerprint density at radius 2 is 1.74 bits per heavy atom. The molecule has 0 saturated carbocycles. The first-order chi connectivity index (χ1) is 22.5. The van der Waals surface area contributed by atoms with Crippen LogP contribution >= 0.6 is 0 Å². The van der Waals surface area contributed by atoms with Gasteiger partial charge in [0.15, 0.2) is 0 Å². The Morgan fingerprint density at radius 1 is 1.06 bits per heavy atom. The number of hydrogen-bond acceptors (Lipinski definition) is 6. The van der Waals surface area contributed by atoms with Gasteiger partial charge in [-0.1, -0.05) is 74.5 Å². The highest BCUT2D eigenvalue weighted by molar-refractivity contribution is 6.07. The lowest BCUT2D eigenvalue weighted by atomic mass is 9.80. The third-order valence-electron chi connectivity index (χ3n) is 8.87. The van der Waals surface area contributed by atoms with E-state index in [4.69, 9.17) is 4.74 Å². The topological polar surface area (TPSA) is 132 Å². The number of nitriles is 1. The summed E-state index contributed by atoms with van der Waals surface area (Å²) in [5.74, 6) is -1.75. The highest BCUT2D eigenvalue weighted by Crippen LogP contribution is 2.46. The molecule has 0 bridgehead atoms. The monoisotopic (exact) mass is 639 g/mol. The molecule has 1 saturated heterocycles. The Kier molecular flexibility index (Phi) is 9.89. The number of likely N-dealkylation sites (tertiary alicyclic amines) is 1. The van der Waals surface area contributed by atoms with Gasteiger partial charge in [0, 0.05) is 32.1 Å². The van der Waals surface area contributed by atoms with Crippen molar-refractivity contribution in [1.82, 2.24) is 15.1 Å². The summed E-state index contributed by atoms with van der Waals surface area (Å²) in [5, 5.41) is 15.7. The maximum Gasteiger partial charge on any atom is 0.408 e. The van der Waals surface area contributed by atoms with Crippen LogP contribution in [0.3, 0.4) is 0 Å². The molecule has 2 heterocycles. The molecule has 244 valence electrons. The number of carbonyl (C=O) groups excluding carboxylic acids is 4. The number of anilines is 1. The van der Waals surface area contributed by atoms with Crippen molar-refractivity contribution in [2.45, 2.75) is 63.3 Å². The van der Waals surface area contributed by atoms with Crippen LogP contribution in [0.1, 0.15) is 43.4 Å². The Hall–Kier alpha value is -5.24. The maximum atomic E-state index is 14.4. The number of likely N-dealkylation sites (N-methyl/N-ethyl adjacent to an activating group) is 1. The van der Waals surface area contributed by atoms with E-state index in [9.17, 15) is 28.8 Å². The molecule has 2 aliphatic heterocycles. The Balaban J connectivity index is 1.39. The zero-order valence-electron chi connectivity index (χ0n) is 26.6. The molecule has 47 heavy (non-hydrogen) atoms. The second-order valence-electron chi connectivity index (χ2n) is 12.6. The molecule has 4 amide bonds. The normalized spacial score (nSPS) is 19.4. The van der Waals surface area contributed by atoms with Gasteiger partial charge in [-0.3, -0.25) is 14.4 Å². The van der Waals surface area contributed by atoms with E-state index in [1.807, 2.05) is 50.2 Å². The Morgan fingerprint density at radius 3 is 2.43 bits per heavy atom. The number of benzene rings is 3. The number of carbonyl (C=O) groups is 4. The zero-order chi connectivity index (χ0) is 33.7. The van der Waals surface area contributed by atoms with Crippen LogP contribution in [0.15, 0.2) is 78.9 Å². The first kappa shape index (κ1) is 33.1. The van der Waals surface area contributed by atoms with Gasteiger partial charge in [-0.25, -0.2) is 9.18 Å². The molecule has 10 nitrogen and oxygen atoms in total. The fourth-order valence-electron chi connectivity index (χ4n) is 6.41. The smallest absolute Gasteiger partial charge is 0.408 e. The van der Waals surface area contributed by atoms with E-state index in [1.54, 1.807) is 18.2 Å². The molecular formula is C36H38FN5O5. The molecule has 11 heteroatoms. The average molecular weight is 640 g/mol. The highest BCUT2D eigenvalue weighted by atomic mass is 19.1. The number of nitrogens with zero attached hydrogens (tertiary/aromatic N) is 3. The van der Waals surface area contributed by atoms with Crippen molar-refractivity contribution in [1.29, 1.82) is 5.26 Å². The predicted octanol–water partition coefficient (Wildman–Crippen LogP) is 4.55. The fourth-order valence-corrected chi connectivity index (χ4v) is 6.41. The number of ether oxygens (including phenoxy) is 1. The van der Waals surface area contributed by atoms with Crippen LogP contribution in [-0.2, 0) is 37.6 Å². The van der Waals surface area contributed by atoms with Gasteiger partial charge in [0.25, 0.3) is 0 Å². The number of rotatable bonds is 10. The van der Waals surface area contributed by atoms with Gasteiger partial charge >= 0.3 is 6.09 Å². The average Bonchev–Trinajstić information content (AvgIpc) is 3.60. The van der Waals surface area contributed by atoms with Crippen molar-refractivity contribution in [3.8, 4) is 6.07 Å². The largest absolute Gasteiger partial charge is 0.445 e. The number of fused-ring (bicyclic) bond motifs is 2. The lowest BCUT2D eigenvalue weighted by Gasteiger charge is -2.35. The lowest BCUT2D eigenvalue weighted by Crippen LogP contribution is -2.56. The summed E-state index contributed by atoms with van der Waals surface area (Å²) in [5.41, 5.74) is 1.67. The maximum absolute atomic E-state index is 14.4. The van der Waals surface area contributed by atoms with E-state index in [-0.39, 0.29) is 44.2 Å². The summed E-state index contributed by atoms with van der Waals surface area (Å²) in [6.07, 6.45) is -0.414. The van der Waals surface area contributed by atoms with E-state index < -0.39 is 47.3 Å². The molecule has 5 rings (SSSR count). The summed E-state index contributed by atoms with van der Waals surface area (Å²) in [7, 11) is 1.49. The molecule has 1 unspecified atom stereocenters. The number of alkyl carbamates (subject to hydrolysis) is 1. The fraction of sp³-hybridized carbons (Fsp3) is 0.361. The van der Waals surface area contributed by atoms with Gasteiger partial charge in [-0.2, -0.15) is 5.26 Å². The zero-order valence-corrected chi connectivity index (χ0v) is 26.6. The quantitative estimate of drug-likeness (QED) is 0.335. The van der Waals surface area contributed by atoms with E-state index in [0.29, 0.717) is 11.3 Å². The first-order valence-electron chi connectivity index (χ1n) is 15.6. The SMILES string of the molecule is CC(C)C[C@@H](C(=O)N1C[C@]2(C[C@H]1C#N)C(=O)Nc1ccccc12)N(C)C(=O)C(Cc1ccc(F)cc1)NC(=O)OCc1ccccc1. The molecule has 1 fully saturated rings. The van der Waals surface area contributed by atoms with Crippen LogP contribution in [0.5, 0.6) is 0 Å². The number of para-hydroxylation sites is 1. The van der Waals surface area contributed by atoms with E-state index in [2.05, 4.69) is 16.7 Å². The standard InChI is InChI=1S/C36H38FN5O5/c1-23(2)17-31(33(44)42-22-36(19-27(42)20-38)28-11-7-8-12-29(28)39-34(36)45)41(3)32(43)30(18-24-13-15-26(37)16-14-24)40-35(46)47-21-25-9-5-4-6-10-25/h4-16,23,27,30-31H,17-19,21-22H2,1-3H3,(H,39,45)(H,40,46)/t27-,30?,31-,36-/m0/s1. The second-order valence-corrected chi connectivity index (χ2v) is 12.6. The summed E-state index contributed by atoms with van der Waals surface area (Å²) >= 11 is 0. The summed E-state index contributed by atoms with van der Waals surface area (Å²) in [4.78, 5) is 57.5. The molecule has 2 aliphatic rings. The van der Waals surface area contributed by atoms with Gasteiger partial charge in [0.2, 0.25) is 17.7 Å². The van der Waals surface area contributed by atoms with Crippen molar-refractivity contribution in [2.75, 3.05) is 18.9 Å². The molecule has 0 radical (unpaired) electrons. The highest BCUT2D eigenvalue weighted by Gasteiger charge is 2.56. The molecule has 4 atom stereocenters. The van der Waals surface area contributed by atoms with E-state index in [0.717, 1.165) is 11.1 Å². The van der Waals surface area contributed by atoms with Crippen molar-refractivity contribution >= 4 is 29.5 Å². The van der Waals surface area contributed by atoms with Crippen molar-refractivity contribution < 1.29 is 28.3 Å². The predicted molar refractivity (Wildman–Crippen MR) is 172 cm³/mol. The van der Waals surface area contributed by atoms with Crippen molar-refractivity contribution in [2.24, 2.45) is 5.92 Å². The molecule has 0 aliphatic carbocycles. The van der Waals surface area contributed by atoms with Gasteiger partial charge in [0.1, 0.15) is 30.5 Å². The minimum atomic E-state index is -1.15. The number of hydrogen-bond donors (Lipinski definition) is 2.